The first kappa shape index (κ1) is 15.0. The Balaban J connectivity index is 2.35. The lowest BCUT2D eigenvalue weighted by Crippen LogP contribution is -2.25. The summed E-state index contributed by atoms with van der Waals surface area (Å²) in [5.41, 5.74) is 6.50. The van der Waals surface area contributed by atoms with Gasteiger partial charge in [0.25, 0.3) is 0 Å². The molecule has 0 unspecified atom stereocenters. The topological polar surface area (TPSA) is 64.3 Å². The van der Waals surface area contributed by atoms with Crippen molar-refractivity contribution in [2.24, 2.45) is 5.73 Å². The molecule has 18 heavy (non-hydrogen) atoms. The molecule has 0 heterocycles. The molecule has 100 valence electrons. The van der Waals surface area contributed by atoms with Crippen molar-refractivity contribution >= 4 is 21.8 Å². The first-order valence-electron chi connectivity index (χ1n) is 5.96. The number of hydrogen-bond donors (Lipinski definition) is 2. The molecule has 1 amide bonds. The number of nitrogens with one attached hydrogen (secondary N) is 1. The van der Waals surface area contributed by atoms with Gasteiger partial charge in [-0.05, 0) is 53.0 Å². The molecule has 5 heteroatoms. The second-order valence-electron chi connectivity index (χ2n) is 3.96. The van der Waals surface area contributed by atoms with Crippen molar-refractivity contribution in [1.82, 2.24) is 5.32 Å². The number of carbonyl (C=O) groups excluding carboxylic acids is 1. The van der Waals surface area contributed by atoms with E-state index in [1.165, 1.54) is 0 Å². The number of methoxy groups -OCH3 is 1. The minimum Gasteiger partial charge on any atom is -0.496 e. The molecule has 0 aromatic heterocycles. The van der Waals surface area contributed by atoms with Crippen LogP contribution in [0.3, 0.4) is 0 Å². The van der Waals surface area contributed by atoms with Gasteiger partial charge in [-0.15, -0.1) is 0 Å². The second kappa shape index (κ2) is 8.11. The van der Waals surface area contributed by atoms with Crippen molar-refractivity contribution in [3.63, 3.8) is 0 Å². The summed E-state index contributed by atoms with van der Waals surface area (Å²) in [5.74, 6) is 0.874. The van der Waals surface area contributed by atoms with Crippen LogP contribution in [0.15, 0.2) is 22.7 Å². The molecule has 0 fully saturated rings. The maximum atomic E-state index is 11.4. The molecule has 0 bridgehead atoms. The van der Waals surface area contributed by atoms with Crippen LogP contribution in [-0.4, -0.2) is 26.1 Å². The third-order valence-electron chi connectivity index (χ3n) is 2.56. The molecule has 0 radical (unpaired) electrons. The van der Waals surface area contributed by atoms with Crippen LogP contribution in [-0.2, 0) is 11.2 Å². The Hall–Kier alpha value is -1.07. The van der Waals surface area contributed by atoms with E-state index in [4.69, 9.17) is 10.5 Å². The lowest BCUT2D eigenvalue weighted by molar-refractivity contribution is -0.121. The van der Waals surface area contributed by atoms with Crippen LogP contribution in [0.1, 0.15) is 18.4 Å². The van der Waals surface area contributed by atoms with Gasteiger partial charge in [-0.1, -0.05) is 6.07 Å². The van der Waals surface area contributed by atoms with Crippen molar-refractivity contribution in [1.29, 1.82) is 0 Å². The van der Waals surface area contributed by atoms with Crippen LogP contribution in [0.5, 0.6) is 5.75 Å². The molecule has 0 spiro atoms. The molecule has 0 atom stereocenters. The van der Waals surface area contributed by atoms with Crippen LogP contribution in [0.2, 0.25) is 0 Å². The summed E-state index contributed by atoms with van der Waals surface area (Å²) >= 11 is 3.44. The molecule has 0 aliphatic carbocycles. The Morgan fingerprint density at radius 1 is 1.50 bits per heavy atom. The highest BCUT2D eigenvalue weighted by atomic mass is 79.9. The number of hydrogen-bond acceptors (Lipinski definition) is 3. The van der Waals surface area contributed by atoms with Crippen LogP contribution in [0.25, 0.3) is 0 Å². The van der Waals surface area contributed by atoms with Gasteiger partial charge in [-0.3, -0.25) is 4.79 Å². The van der Waals surface area contributed by atoms with Gasteiger partial charge in [0.05, 0.1) is 11.6 Å². The fourth-order valence-corrected chi connectivity index (χ4v) is 2.15. The molecule has 1 rings (SSSR count). The molecule has 3 N–H and O–H groups in total. The predicted molar refractivity (Wildman–Crippen MR) is 75.7 cm³/mol. The minimum absolute atomic E-state index is 0.0630. The Labute approximate surface area is 116 Å². The molecule has 1 aromatic rings. The van der Waals surface area contributed by atoms with Gasteiger partial charge in [0.2, 0.25) is 5.91 Å². The number of ether oxygens (including phenoxy) is 1. The number of rotatable bonds is 7. The molecule has 1 aromatic carbocycles. The highest BCUT2D eigenvalue weighted by molar-refractivity contribution is 9.10. The Morgan fingerprint density at radius 3 is 2.89 bits per heavy atom. The van der Waals surface area contributed by atoms with Crippen molar-refractivity contribution in [2.75, 3.05) is 20.2 Å². The summed E-state index contributed by atoms with van der Waals surface area (Å²) in [4.78, 5) is 11.4. The minimum atomic E-state index is 0.0630. The van der Waals surface area contributed by atoms with Gasteiger partial charge < -0.3 is 15.8 Å². The first-order valence-corrected chi connectivity index (χ1v) is 6.76. The number of amides is 1. The lowest BCUT2D eigenvalue weighted by Gasteiger charge is -2.07. The maximum absolute atomic E-state index is 11.4. The lowest BCUT2D eigenvalue weighted by atomic mass is 10.1. The number of halogens is 1. The summed E-state index contributed by atoms with van der Waals surface area (Å²) in [6.07, 6.45) is 2.04. The fourth-order valence-electron chi connectivity index (χ4n) is 1.56. The van der Waals surface area contributed by atoms with E-state index >= 15 is 0 Å². The summed E-state index contributed by atoms with van der Waals surface area (Å²) in [5, 5.41) is 2.87. The Bertz CT molecular complexity index is 397. The van der Waals surface area contributed by atoms with Gasteiger partial charge in [0.1, 0.15) is 5.75 Å². The van der Waals surface area contributed by atoms with E-state index in [1.807, 2.05) is 18.2 Å². The molecule has 4 nitrogen and oxygen atoms in total. The van der Waals surface area contributed by atoms with E-state index in [0.717, 1.165) is 28.6 Å². The highest BCUT2D eigenvalue weighted by Crippen LogP contribution is 2.25. The molecular formula is C13H19BrN2O2. The van der Waals surface area contributed by atoms with E-state index in [0.29, 0.717) is 19.5 Å². The predicted octanol–water partition coefficient (Wildman–Crippen LogP) is 1.86. The quantitative estimate of drug-likeness (QED) is 0.807. The molecule has 0 saturated carbocycles. The molecular weight excluding hydrogens is 296 g/mol. The third kappa shape index (κ3) is 5.06. The summed E-state index contributed by atoms with van der Waals surface area (Å²) < 4.78 is 6.09. The van der Waals surface area contributed by atoms with E-state index < -0.39 is 0 Å². The maximum Gasteiger partial charge on any atom is 0.220 e. The summed E-state index contributed by atoms with van der Waals surface area (Å²) in [7, 11) is 1.64. The number of nitrogens with two attached hydrogens (primary N) is 1. The van der Waals surface area contributed by atoms with Crippen LogP contribution < -0.4 is 15.8 Å². The van der Waals surface area contributed by atoms with E-state index in [2.05, 4.69) is 21.2 Å². The third-order valence-corrected chi connectivity index (χ3v) is 3.18. The summed E-state index contributed by atoms with van der Waals surface area (Å²) in [6, 6.07) is 5.91. The average Bonchev–Trinajstić information content (AvgIpc) is 2.36. The normalized spacial score (nSPS) is 10.2. The van der Waals surface area contributed by atoms with Crippen molar-refractivity contribution in [3.8, 4) is 5.75 Å². The molecule has 0 saturated heterocycles. The van der Waals surface area contributed by atoms with Gasteiger partial charge in [0, 0.05) is 13.0 Å². The van der Waals surface area contributed by atoms with Crippen molar-refractivity contribution in [2.45, 2.75) is 19.3 Å². The van der Waals surface area contributed by atoms with Gasteiger partial charge in [-0.2, -0.15) is 0 Å². The fraction of sp³-hybridized carbons (Fsp3) is 0.462. The number of benzene rings is 1. The summed E-state index contributed by atoms with van der Waals surface area (Å²) in [6.45, 7) is 1.20. The first-order chi connectivity index (χ1) is 8.67. The Kier molecular flexibility index (Phi) is 6.75. The Morgan fingerprint density at radius 2 is 2.28 bits per heavy atom. The second-order valence-corrected chi connectivity index (χ2v) is 4.82. The monoisotopic (exact) mass is 314 g/mol. The van der Waals surface area contributed by atoms with E-state index in [9.17, 15) is 4.79 Å². The zero-order valence-corrected chi connectivity index (χ0v) is 12.1. The molecule has 0 aliphatic rings. The van der Waals surface area contributed by atoms with Crippen LogP contribution in [0, 0.1) is 0 Å². The average molecular weight is 315 g/mol. The largest absolute Gasteiger partial charge is 0.496 e. The zero-order chi connectivity index (χ0) is 13.4. The van der Waals surface area contributed by atoms with Gasteiger partial charge in [-0.25, -0.2) is 0 Å². The standard InChI is InChI=1S/C13H19BrN2O2/c1-18-12-5-4-10(9-11(12)14)6-8-16-13(17)3-2-7-15/h4-5,9H,2-3,6-8,15H2,1H3,(H,16,17). The zero-order valence-electron chi connectivity index (χ0n) is 10.5. The van der Waals surface area contributed by atoms with Gasteiger partial charge >= 0.3 is 0 Å². The highest BCUT2D eigenvalue weighted by Gasteiger charge is 2.03. The smallest absolute Gasteiger partial charge is 0.220 e. The van der Waals surface area contributed by atoms with E-state index in [1.54, 1.807) is 7.11 Å². The van der Waals surface area contributed by atoms with Crippen LogP contribution in [0.4, 0.5) is 0 Å². The van der Waals surface area contributed by atoms with Gasteiger partial charge in [0.15, 0.2) is 0 Å². The van der Waals surface area contributed by atoms with Crippen molar-refractivity contribution in [3.05, 3.63) is 28.2 Å². The van der Waals surface area contributed by atoms with E-state index in [-0.39, 0.29) is 5.91 Å². The molecule has 0 aliphatic heterocycles. The van der Waals surface area contributed by atoms with Crippen molar-refractivity contribution < 1.29 is 9.53 Å². The SMILES string of the molecule is COc1ccc(CCNC(=O)CCCN)cc1Br. The number of carbonyl (C=O) groups is 1. The van der Waals surface area contributed by atoms with Crippen LogP contribution >= 0.6 is 15.9 Å².